The van der Waals surface area contributed by atoms with Crippen molar-refractivity contribution in [3.05, 3.63) is 24.3 Å². The van der Waals surface area contributed by atoms with E-state index in [1.165, 1.54) is 11.8 Å². The summed E-state index contributed by atoms with van der Waals surface area (Å²) in [4.78, 5) is 41.3. The quantitative estimate of drug-likeness (QED) is 0.838. The molecule has 1 fully saturated rings. The van der Waals surface area contributed by atoms with Crippen molar-refractivity contribution in [2.75, 3.05) is 31.5 Å². The number of carbonyl (C=O) groups is 3. The van der Waals surface area contributed by atoms with E-state index in [0.717, 1.165) is 10.6 Å². The monoisotopic (exact) mass is 391 g/mol. The van der Waals surface area contributed by atoms with Crippen molar-refractivity contribution in [2.24, 2.45) is 0 Å². The zero-order valence-electron chi connectivity index (χ0n) is 15.9. The number of piperazine rings is 1. The van der Waals surface area contributed by atoms with Crippen LogP contribution in [0.1, 0.15) is 27.2 Å². The van der Waals surface area contributed by atoms with Gasteiger partial charge in [-0.3, -0.25) is 9.59 Å². The molecular weight excluding hydrogens is 366 g/mol. The summed E-state index contributed by atoms with van der Waals surface area (Å²) in [6.07, 6.45) is -0.203. The molecule has 3 amide bonds. The highest BCUT2D eigenvalue weighted by atomic mass is 32.2. The summed E-state index contributed by atoms with van der Waals surface area (Å²) in [5, 5.41) is 2.43. The van der Waals surface area contributed by atoms with E-state index in [4.69, 9.17) is 4.74 Å². The maximum atomic E-state index is 12.6. The van der Waals surface area contributed by atoms with Gasteiger partial charge in [0.15, 0.2) is 0 Å². The number of hydrogen-bond acceptors (Lipinski definition) is 5. The van der Waals surface area contributed by atoms with Crippen LogP contribution in [0.5, 0.6) is 0 Å². The zero-order valence-corrected chi connectivity index (χ0v) is 16.7. The van der Waals surface area contributed by atoms with E-state index in [2.05, 4.69) is 5.32 Å². The first-order valence-electron chi connectivity index (χ1n) is 9.05. The average molecular weight is 391 g/mol. The van der Waals surface area contributed by atoms with Gasteiger partial charge in [0, 0.05) is 37.5 Å². The van der Waals surface area contributed by atoms with Crippen LogP contribution in [-0.2, 0) is 14.3 Å². The van der Waals surface area contributed by atoms with E-state index in [9.17, 15) is 14.4 Å². The molecule has 3 rings (SSSR count). The van der Waals surface area contributed by atoms with Gasteiger partial charge in [-0.05, 0) is 32.9 Å². The fourth-order valence-corrected chi connectivity index (χ4v) is 4.08. The van der Waals surface area contributed by atoms with Gasteiger partial charge in [0.25, 0.3) is 0 Å². The molecule has 0 saturated carbocycles. The number of anilines is 1. The summed E-state index contributed by atoms with van der Waals surface area (Å²) in [6, 6.07) is 7.58. The number of nitrogens with one attached hydrogen (secondary N) is 1. The molecule has 146 valence electrons. The van der Waals surface area contributed by atoms with Crippen molar-refractivity contribution in [3.8, 4) is 0 Å². The minimum absolute atomic E-state index is 0.0640. The van der Waals surface area contributed by atoms with E-state index in [-0.39, 0.29) is 24.3 Å². The average Bonchev–Trinajstić information content (AvgIpc) is 2.61. The Morgan fingerprint density at radius 1 is 1.15 bits per heavy atom. The van der Waals surface area contributed by atoms with Gasteiger partial charge in [-0.25, -0.2) is 4.79 Å². The zero-order chi connectivity index (χ0) is 19.6. The van der Waals surface area contributed by atoms with E-state index in [0.29, 0.717) is 26.2 Å². The molecule has 8 heteroatoms. The molecule has 0 aromatic heterocycles. The molecule has 2 heterocycles. The Kier molecular flexibility index (Phi) is 5.64. The number of rotatable bonds is 2. The molecular formula is C19H25N3O4S. The summed E-state index contributed by atoms with van der Waals surface area (Å²) in [5.74, 6) is -0.203. The van der Waals surface area contributed by atoms with Crippen LogP contribution >= 0.6 is 11.8 Å². The lowest BCUT2D eigenvalue weighted by Crippen LogP contribution is -2.52. The third kappa shape index (κ3) is 4.94. The molecule has 0 unspecified atom stereocenters. The normalized spacial score (nSPS) is 20.0. The molecule has 1 aromatic rings. The largest absolute Gasteiger partial charge is 0.444 e. The van der Waals surface area contributed by atoms with Crippen LogP contribution in [0.2, 0.25) is 0 Å². The number of para-hydroxylation sites is 1. The third-order valence-corrected chi connectivity index (χ3v) is 5.63. The Labute approximate surface area is 163 Å². The number of amides is 3. The Balaban J connectivity index is 1.52. The van der Waals surface area contributed by atoms with Crippen molar-refractivity contribution in [3.63, 3.8) is 0 Å². The van der Waals surface area contributed by atoms with Crippen LogP contribution in [0.3, 0.4) is 0 Å². The highest BCUT2D eigenvalue weighted by Gasteiger charge is 2.32. The number of thioether (sulfide) groups is 1. The predicted octanol–water partition coefficient (Wildman–Crippen LogP) is 2.57. The standard InChI is InChI=1S/C19H25N3O4S/c1-19(2,3)26-18(25)22-10-8-21(9-11-22)16(23)12-15-17(24)20-13-6-4-5-7-14(13)27-15/h4-7,15H,8-12H2,1-3H3,(H,20,24)/t15-/m1/s1. The molecule has 0 aliphatic carbocycles. The summed E-state index contributed by atoms with van der Waals surface area (Å²) in [7, 11) is 0. The van der Waals surface area contributed by atoms with E-state index in [1.807, 2.05) is 45.0 Å². The Morgan fingerprint density at radius 2 is 1.78 bits per heavy atom. The van der Waals surface area contributed by atoms with E-state index >= 15 is 0 Å². The van der Waals surface area contributed by atoms with Crippen molar-refractivity contribution in [1.82, 2.24) is 9.80 Å². The minimum atomic E-state index is -0.536. The Morgan fingerprint density at radius 3 is 2.44 bits per heavy atom. The van der Waals surface area contributed by atoms with Gasteiger partial charge in [-0.15, -0.1) is 11.8 Å². The van der Waals surface area contributed by atoms with Crippen LogP contribution in [0, 0.1) is 0 Å². The smallest absolute Gasteiger partial charge is 0.410 e. The molecule has 0 spiro atoms. The van der Waals surface area contributed by atoms with Gasteiger partial charge in [0.1, 0.15) is 5.60 Å². The SMILES string of the molecule is CC(C)(C)OC(=O)N1CCN(C(=O)C[C@H]2Sc3ccccc3NC2=O)CC1. The number of carbonyl (C=O) groups excluding carboxylic acids is 3. The molecule has 2 aliphatic heterocycles. The molecule has 7 nitrogen and oxygen atoms in total. The molecule has 1 N–H and O–H groups in total. The molecule has 2 aliphatic rings. The first-order chi connectivity index (χ1) is 12.7. The highest BCUT2D eigenvalue weighted by Crippen LogP contribution is 2.36. The Bertz CT molecular complexity index is 739. The topological polar surface area (TPSA) is 79.0 Å². The van der Waals surface area contributed by atoms with Gasteiger partial charge >= 0.3 is 6.09 Å². The van der Waals surface area contributed by atoms with Crippen LogP contribution in [-0.4, -0.2) is 64.7 Å². The predicted molar refractivity (Wildman–Crippen MR) is 104 cm³/mol. The molecule has 0 radical (unpaired) electrons. The van der Waals surface area contributed by atoms with E-state index < -0.39 is 10.9 Å². The first-order valence-corrected chi connectivity index (χ1v) is 9.93. The molecule has 1 aromatic carbocycles. The second-order valence-electron chi connectivity index (χ2n) is 7.64. The molecule has 0 bridgehead atoms. The van der Waals surface area contributed by atoms with Crippen LogP contribution < -0.4 is 5.32 Å². The lowest BCUT2D eigenvalue weighted by Gasteiger charge is -2.36. The second kappa shape index (κ2) is 7.80. The number of hydrogen-bond donors (Lipinski definition) is 1. The van der Waals surface area contributed by atoms with Gasteiger partial charge in [0.2, 0.25) is 11.8 Å². The van der Waals surface area contributed by atoms with Crippen LogP contribution in [0.4, 0.5) is 10.5 Å². The highest BCUT2D eigenvalue weighted by molar-refractivity contribution is 8.01. The number of benzene rings is 1. The summed E-state index contributed by atoms with van der Waals surface area (Å²) >= 11 is 1.43. The molecule has 1 atom stereocenters. The van der Waals surface area contributed by atoms with Crippen molar-refractivity contribution >= 4 is 35.4 Å². The summed E-state index contributed by atoms with van der Waals surface area (Å²) in [6.45, 7) is 7.27. The second-order valence-corrected chi connectivity index (χ2v) is 8.89. The number of fused-ring (bicyclic) bond motifs is 1. The lowest BCUT2D eigenvalue weighted by atomic mass is 10.2. The van der Waals surface area contributed by atoms with Crippen LogP contribution in [0.25, 0.3) is 0 Å². The third-order valence-electron chi connectivity index (χ3n) is 4.35. The Hall–Kier alpha value is -2.22. The number of nitrogens with zero attached hydrogens (tertiary/aromatic N) is 2. The van der Waals surface area contributed by atoms with Crippen molar-refractivity contribution in [2.45, 2.75) is 42.9 Å². The maximum absolute atomic E-state index is 12.6. The molecule has 1 saturated heterocycles. The van der Waals surface area contributed by atoms with E-state index in [1.54, 1.807) is 9.80 Å². The van der Waals surface area contributed by atoms with Gasteiger partial charge < -0.3 is 19.9 Å². The van der Waals surface area contributed by atoms with Crippen molar-refractivity contribution < 1.29 is 19.1 Å². The maximum Gasteiger partial charge on any atom is 0.410 e. The fraction of sp³-hybridized carbons (Fsp3) is 0.526. The fourth-order valence-electron chi connectivity index (χ4n) is 2.98. The lowest BCUT2D eigenvalue weighted by molar-refractivity contribution is -0.134. The summed E-state index contributed by atoms with van der Waals surface area (Å²) < 4.78 is 5.37. The van der Waals surface area contributed by atoms with Crippen LogP contribution in [0.15, 0.2) is 29.2 Å². The number of ether oxygens (including phenoxy) is 1. The molecule has 27 heavy (non-hydrogen) atoms. The first kappa shape index (κ1) is 19.5. The summed E-state index contributed by atoms with van der Waals surface area (Å²) in [5.41, 5.74) is 0.258. The van der Waals surface area contributed by atoms with Gasteiger partial charge in [0.05, 0.1) is 10.9 Å². The van der Waals surface area contributed by atoms with Crippen molar-refractivity contribution in [1.29, 1.82) is 0 Å². The van der Waals surface area contributed by atoms with Gasteiger partial charge in [-0.1, -0.05) is 12.1 Å². The minimum Gasteiger partial charge on any atom is -0.444 e. The van der Waals surface area contributed by atoms with Gasteiger partial charge in [-0.2, -0.15) is 0 Å².